The normalized spacial score (nSPS) is 37.8. The molecule has 1 spiro atoms. The van der Waals surface area contributed by atoms with Gasteiger partial charge in [-0.3, -0.25) is 14.4 Å². The minimum Gasteiger partial charge on any atom is -0.456 e. The summed E-state index contributed by atoms with van der Waals surface area (Å²) in [5, 5.41) is 0. The average molecular weight is 604 g/mol. The lowest BCUT2D eigenvalue weighted by molar-refractivity contribution is -0.198. The van der Waals surface area contributed by atoms with E-state index in [-0.39, 0.29) is 57.4 Å². The number of piperazine rings is 1. The van der Waals surface area contributed by atoms with Gasteiger partial charge in [0.2, 0.25) is 5.91 Å². The van der Waals surface area contributed by atoms with Gasteiger partial charge in [-0.1, -0.05) is 0 Å². The van der Waals surface area contributed by atoms with E-state index in [1.165, 1.54) is 14.0 Å². The molecule has 2 bridgehead atoms. The predicted molar refractivity (Wildman–Crippen MR) is 139 cm³/mol. The molecule has 5 rings (SSSR count). The van der Waals surface area contributed by atoms with Crippen molar-refractivity contribution in [3.63, 3.8) is 0 Å². The number of esters is 1. The third-order valence-corrected chi connectivity index (χ3v) is 9.81. The number of fused-ring (bicyclic) bond motifs is 5. The Bertz CT molecular complexity index is 1140. The summed E-state index contributed by atoms with van der Waals surface area (Å²) in [6.07, 6.45) is -5.74. The molecule has 4 heterocycles. The van der Waals surface area contributed by atoms with Crippen molar-refractivity contribution in [1.29, 1.82) is 0 Å². The first-order valence-electron chi connectivity index (χ1n) is 14.5. The van der Waals surface area contributed by atoms with Gasteiger partial charge in [-0.15, -0.1) is 0 Å². The van der Waals surface area contributed by atoms with E-state index >= 15 is 0 Å². The van der Waals surface area contributed by atoms with E-state index in [4.69, 9.17) is 18.9 Å². The number of hydrogen-bond donors (Lipinski definition) is 0. The second-order valence-corrected chi connectivity index (χ2v) is 13.3. The molecule has 2 unspecified atom stereocenters. The number of methoxy groups -OCH3 is 1. The van der Waals surface area contributed by atoms with Crippen molar-refractivity contribution in [2.45, 2.75) is 120 Å². The van der Waals surface area contributed by atoms with Gasteiger partial charge in [-0.25, -0.2) is 4.79 Å². The van der Waals surface area contributed by atoms with Crippen molar-refractivity contribution < 1.29 is 51.3 Å². The Balaban J connectivity index is 1.51. The van der Waals surface area contributed by atoms with Crippen LogP contribution < -0.4 is 0 Å². The Labute approximate surface area is 242 Å². The molecule has 5 fully saturated rings. The maximum Gasteiger partial charge on any atom is 0.471 e. The van der Waals surface area contributed by atoms with Crippen LogP contribution in [-0.2, 0) is 33.3 Å². The summed E-state index contributed by atoms with van der Waals surface area (Å²) in [6, 6.07) is -3.43. The molecular formula is C28H40F3N3O8. The lowest BCUT2D eigenvalue weighted by Crippen LogP contribution is -2.62. The molecule has 14 heteroatoms. The van der Waals surface area contributed by atoms with E-state index in [1.807, 2.05) is 0 Å². The fourth-order valence-corrected chi connectivity index (χ4v) is 8.29. The number of ether oxygens (including phenoxy) is 4. The first kappa shape index (κ1) is 30.8. The van der Waals surface area contributed by atoms with Gasteiger partial charge in [-0.2, -0.15) is 13.2 Å². The number of alkyl halides is 3. The smallest absolute Gasteiger partial charge is 0.456 e. The van der Waals surface area contributed by atoms with Crippen molar-refractivity contribution >= 4 is 23.9 Å². The second kappa shape index (κ2) is 10.2. The summed E-state index contributed by atoms with van der Waals surface area (Å²) >= 11 is 0. The van der Waals surface area contributed by atoms with Gasteiger partial charge in [0.25, 0.3) is 0 Å². The SMILES string of the molecule is CO[C@@H]1COCC[C@@H]1N(C(=O)C(F)(F)F)[C@@H]1CC[C@@]2(C1)C(=O)N1C([C@@H]3C[C@H]1CN3C(=O)OC(C)(C)C)C2(C)OC(C)=O. The minimum atomic E-state index is -5.14. The van der Waals surface area contributed by atoms with Crippen LogP contribution in [0, 0.1) is 5.41 Å². The van der Waals surface area contributed by atoms with Gasteiger partial charge >= 0.3 is 24.1 Å². The van der Waals surface area contributed by atoms with Crippen LogP contribution >= 0.6 is 0 Å². The Hall–Kier alpha value is -2.61. The molecule has 8 atom stereocenters. The highest BCUT2D eigenvalue weighted by atomic mass is 19.4. The number of nitrogens with zero attached hydrogens (tertiary/aromatic N) is 3. The summed E-state index contributed by atoms with van der Waals surface area (Å²) in [6.45, 7) is 8.56. The topological polar surface area (TPSA) is 115 Å². The van der Waals surface area contributed by atoms with Gasteiger partial charge in [-0.05, 0) is 59.8 Å². The van der Waals surface area contributed by atoms with Crippen LogP contribution in [0.25, 0.3) is 0 Å². The number of rotatable bonds is 4. The van der Waals surface area contributed by atoms with Crippen LogP contribution in [0.1, 0.15) is 66.7 Å². The molecule has 11 nitrogen and oxygen atoms in total. The average Bonchev–Trinajstić information content (AvgIpc) is 3.63. The molecule has 1 aliphatic carbocycles. The minimum absolute atomic E-state index is 0.0322. The standard InChI is InChI=1S/C28H40F3N3O8/c1-15(35)41-26(5)21-19-11-17(13-32(19)24(38)42-25(2,3)4)34(21)22(36)27(26)9-7-16(12-27)33(23(37)28(29,30)31)18-8-10-40-14-20(18)39-6/h16-21H,7-14H2,1-6H3/t16-,17+,18+,19+,20-,21?,26?,27-/m1/s1. The van der Waals surface area contributed by atoms with E-state index in [2.05, 4.69) is 0 Å². The first-order valence-corrected chi connectivity index (χ1v) is 14.5. The largest absolute Gasteiger partial charge is 0.471 e. The van der Waals surface area contributed by atoms with Gasteiger partial charge < -0.3 is 33.6 Å². The molecule has 3 amide bonds. The van der Waals surface area contributed by atoms with E-state index in [9.17, 15) is 32.3 Å². The molecule has 0 N–H and O–H groups in total. The Kier molecular flexibility index (Phi) is 7.52. The van der Waals surface area contributed by atoms with Gasteiger partial charge in [0.15, 0.2) is 0 Å². The van der Waals surface area contributed by atoms with Crippen LogP contribution in [0.3, 0.4) is 0 Å². The van der Waals surface area contributed by atoms with Gasteiger partial charge in [0.05, 0.1) is 36.2 Å². The van der Waals surface area contributed by atoms with E-state index in [0.29, 0.717) is 6.42 Å². The maximum absolute atomic E-state index is 14.4. The van der Waals surface area contributed by atoms with Crippen molar-refractivity contribution in [3.05, 3.63) is 0 Å². The molecule has 42 heavy (non-hydrogen) atoms. The number of halogens is 3. The lowest BCUT2D eigenvalue weighted by atomic mass is 9.68. The highest BCUT2D eigenvalue weighted by Gasteiger charge is 2.77. The lowest BCUT2D eigenvalue weighted by Gasteiger charge is -2.46. The third kappa shape index (κ3) is 4.72. The Morgan fingerprint density at radius 3 is 2.43 bits per heavy atom. The second-order valence-electron chi connectivity index (χ2n) is 13.3. The first-order chi connectivity index (χ1) is 19.4. The number of likely N-dealkylation sites (tertiary alicyclic amines) is 1. The van der Waals surface area contributed by atoms with Crippen molar-refractivity contribution in [1.82, 2.24) is 14.7 Å². The Morgan fingerprint density at radius 2 is 1.83 bits per heavy atom. The highest BCUT2D eigenvalue weighted by molar-refractivity contribution is 5.91. The monoisotopic (exact) mass is 603 g/mol. The van der Waals surface area contributed by atoms with Crippen molar-refractivity contribution in [3.8, 4) is 0 Å². The maximum atomic E-state index is 14.4. The molecule has 236 valence electrons. The fourth-order valence-electron chi connectivity index (χ4n) is 8.29. The number of carbonyl (C=O) groups is 4. The van der Waals surface area contributed by atoms with Crippen LogP contribution in [0.5, 0.6) is 0 Å². The third-order valence-electron chi connectivity index (χ3n) is 9.81. The molecule has 0 aromatic rings. The molecule has 4 aliphatic heterocycles. The fraction of sp³-hybridized carbons (Fsp3) is 0.857. The molecular weight excluding hydrogens is 563 g/mol. The van der Waals surface area contributed by atoms with Crippen LogP contribution in [0.15, 0.2) is 0 Å². The summed E-state index contributed by atoms with van der Waals surface area (Å²) in [5.74, 6) is -2.95. The van der Waals surface area contributed by atoms with Crippen molar-refractivity contribution in [2.24, 2.45) is 5.41 Å². The van der Waals surface area contributed by atoms with Crippen molar-refractivity contribution in [2.75, 3.05) is 26.9 Å². The van der Waals surface area contributed by atoms with E-state index in [1.54, 1.807) is 37.5 Å². The molecule has 5 aliphatic rings. The summed E-state index contributed by atoms with van der Waals surface area (Å²) in [4.78, 5) is 57.1. The number of amides is 3. The molecule has 0 aromatic carbocycles. The number of hydrogen-bond acceptors (Lipinski definition) is 8. The van der Waals surface area contributed by atoms with E-state index < -0.39 is 71.0 Å². The van der Waals surface area contributed by atoms with Gasteiger partial charge in [0.1, 0.15) is 17.3 Å². The van der Waals surface area contributed by atoms with Crippen LogP contribution in [0.2, 0.25) is 0 Å². The summed E-state index contributed by atoms with van der Waals surface area (Å²) < 4.78 is 64.4. The zero-order chi connectivity index (χ0) is 31.0. The molecule has 0 aromatic heterocycles. The summed E-state index contributed by atoms with van der Waals surface area (Å²) in [7, 11) is 1.36. The quantitative estimate of drug-likeness (QED) is 0.451. The molecule has 1 saturated carbocycles. The predicted octanol–water partition coefficient (Wildman–Crippen LogP) is 2.64. The van der Waals surface area contributed by atoms with E-state index in [0.717, 1.165) is 4.90 Å². The zero-order valence-electron chi connectivity index (χ0n) is 24.9. The highest BCUT2D eigenvalue weighted by Crippen LogP contribution is 2.62. The number of carbonyl (C=O) groups excluding carboxylic acids is 4. The van der Waals surface area contributed by atoms with Crippen LogP contribution in [0.4, 0.5) is 18.0 Å². The molecule has 0 radical (unpaired) electrons. The van der Waals surface area contributed by atoms with Gasteiger partial charge in [0, 0.05) is 33.2 Å². The Morgan fingerprint density at radius 1 is 1.14 bits per heavy atom. The summed E-state index contributed by atoms with van der Waals surface area (Å²) in [5.41, 5.74) is -3.59. The molecule has 4 saturated heterocycles. The van der Waals surface area contributed by atoms with Crippen LogP contribution in [-0.4, -0.2) is 119 Å². The zero-order valence-corrected chi connectivity index (χ0v) is 24.9.